The van der Waals surface area contributed by atoms with Gasteiger partial charge in [-0.3, -0.25) is 4.79 Å². The Morgan fingerprint density at radius 2 is 1.93 bits per heavy atom. The summed E-state index contributed by atoms with van der Waals surface area (Å²) in [5, 5.41) is 3.25. The van der Waals surface area contributed by atoms with E-state index < -0.39 is 6.10 Å². The van der Waals surface area contributed by atoms with Crippen LogP contribution >= 0.6 is 0 Å². The van der Waals surface area contributed by atoms with Crippen LogP contribution < -0.4 is 14.8 Å². The van der Waals surface area contributed by atoms with E-state index in [0.29, 0.717) is 41.7 Å². The van der Waals surface area contributed by atoms with E-state index in [0.717, 1.165) is 12.8 Å². The highest BCUT2D eigenvalue weighted by Gasteiger charge is 2.33. The molecule has 1 unspecified atom stereocenters. The fourth-order valence-corrected chi connectivity index (χ4v) is 3.73. The molecular weight excluding hydrogens is 377 g/mol. The lowest BCUT2D eigenvalue weighted by atomic mass is 10.0. The lowest BCUT2D eigenvalue weighted by molar-refractivity contribution is -0.142. The second-order valence-electron chi connectivity index (χ2n) is 7.24. The van der Waals surface area contributed by atoms with Gasteiger partial charge in [0, 0.05) is 25.2 Å². The largest absolute Gasteiger partial charge is 0.485 e. The van der Waals surface area contributed by atoms with E-state index in [1.165, 1.54) is 12.1 Å². The lowest BCUT2D eigenvalue weighted by Gasteiger charge is -2.35. The number of halogens is 1. The first-order valence-corrected chi connectivity index (χ1v) is 9.65. The molecule has 5 rings (SSSR count). The van der Waals surface area contributed by atoms with E-state index in [2.05, 4.69) is 10.3 Å². The molecule has 1 aromatic heterocycles. The molecule has 3 aromatic rings. The molecule has 7 nitrogen and oxygen atoms in total. The molecule has 1 saturated heterocycles. The highest BCUT2D eigenvalue weighted by atomic mass is 19.1. The van der Waals surface area contributed by atoms with E-state index in [9.17, 15) is 9.18 Å². The van der Waals surface area contributed by atoms with Crippen LogP contribution in [0.3, 0.4) is 0 Å². The highest BCUT2D eigenvalue weighted by molar-refractivity contribution is 5.82. The smallest absolute Gasteiger partial charge is 0.295 e. The fraction of sp³-hybridized carbons (Fsp3) is 0.333. The third-order valence-electron chi connectivity index (χ3n) is 5.27. The molecule has 0 radical (unpaired) electrons. The van der Waals surface area contributed by atoms with Crippen molar-refractivity contribution in [2.75, 3.05) is 25.0 Å². The number of nitrogens with zero attached hydrogens (tertiary/aromatic N) is 2. The van der Waals surface area contributed by atoms with Gasteiger partial charge in [0.05, 0.1) is 0 Å². The van der Waals surface area contributed by atoms with Crippen molar-refractivity contribution in [1.29, 1.82) is 0 Å². The topological polar surface area (TPSA) is 76.8 Å². The Balaban J connectivity index is 1.17. The molecular formula is C21H20FN3O4. The Bertz CT molecular complexity index is 1050. The van der Waals surface area contributed by atoms with Crippen LogP contribution in [0.25, 0.3) is 11.1 Å². The quantitative estimate of drug-likeness (QED) is 0.731. The second kappa shape index (κ2) is 7.27. The molecule has 8 heteroatoms. The summed E-state index contributed by atoms with van der Waals surface area (Å²) in [6, 6.07) is 12.1. The molecule has 0 spiro atoms. The molecule has 3 heterocycles. The molecule has 2 aromatic carbocycles. The van der Waals surface area contributed by atoms with Gasteiger partial charge in [0.1, 0.15) is 17.9 Å². The number of ether oxygens (including phenoxy) is 2. The zero-order valence-electron chi connectivity index (χ0n) is 15.6. The number of carbonyl (C=O) groups is 1. The first kappa shape index (κ1) is 17.8. The number of hydrogen-bond acceptors (Lipinski definition) is 6. The van der Waals surface area contributed by atoms with Gasteiger partial charge in [-0.1, -0.05) is 12.1 Å². The van der Waals surface area contributed by atoms with Gasteiger partial charge in [-0.15, -0.1) is 0 Å². The average Bonchev–Trinajstić information content (AvgIpc) is 3.14. The minimum atomic E-state index is -0.624. The Labute approximate surface area is 166 Å². The Kier molecular flexibility index (Phi) is 4.46. The van der Waals surface area contributed by atoms with E-state index >= 15 is 0 Å². The Morgan fingerprint density at radius 1 is 1.14 bits per heavy atom. The van der Waals surface area contributed by atoms with Crippen LogP contribution in [-0.4, -0.2) is 47.6 Å². The number of amides is 1. The maximum absolute atomic E-state index is 13.3. The van der Waals surface area contributed by atoms with E-state index in [-0.39, 0.29) is 24.4 Å². The van der Waals surface area contributed by atoms with Crippen molar-refractivity contribution in [1.82, 2.24) is 9.88 Å². The maximum atomic E-state index is 13.3. The van der Waals surface area contributed by atoms with Crippen molar-refractivity contribution in [3.05, 3.63) is 48.3 Å². The average molecular weight is 397 g/mol. The number of hydrogen-bond donors (Lipinski definition) is 1. The number of anilines is 1. The van der Waals surface area contributed by atoms with Gasteiger partial charge < -0.3 is 24.1 Å². The zero-order valence-corrected chi connectivity index (χ0v) is 15.6. The van der Waals surface area contributed by atoms with Crippen LogP contribution in [-0.2, 0) is 4.79 Å². The molecule has 2 aliphatic heterocycles. The van der Waals surface area contributed by atoms with E-state index in [4.69, 9.17) is 13.9 Å². The zero-order chi connectivity index (χ0) is 19.8. The third-order valence-corrected chi connectivity index (χ3v) is 5.27. The summed E-state index contributed by atoms with van der Waals surface area (Å²) in [7, 11) is 0. The molecule has 0 bridgehead atoms. The predicted octanol–water partition coefficient (Wildman–Crippen LogP) is 3.21. The van der Waals surface area contributed by atoms with Gasteiger partial charge in [0.15, 0.2) is 17.1 Å². The first-order valence-electron chi connectivity index (χ1n) is 9.65. The van der Waals surface area contributed by atoms with Crippen molar-refractivity contribution in [3.63, 3.8) is 0 Å². The number of likely N-dealkylation sites (tertiary alicyclic amines) is 1. The molecule has 0 saturated carbocycles. The van der Waals surface area contributed by atoms with Gasteiger partial charge >= 0.3 is 0 Å². The van der Waals surface area contributed by atoms with E-state index in [1.807, 2.05) is 23.1 Å². The number of para-hydroxylation sites is 2. The number of rotatable bonds is 3. The number of oxazole rings is 1. The first-order chi connectivity index (χ1) is 14.2. The van der Waals surface area contributed by atoms with Gasteiger partial charge in [-0.2, -0.15) is 4.98 Å². The van der Waals surface area contributed by atoms with Crippen LogP contribution in [0, 0.1) is 5.82 Å². The summed E-state index contributed by atoms with van der Waals surface area (Å²) < 4.78 is 30.4. The van der Waals surface area contributed by atoms with Gasteiger partial charge in [-0.05, 0) is 37.1 Å². The van der Waals surface area contributed by atoms with Crippen molar-refractivity contribution in [2.45, 2.75) is 25.0 Å². The van der Waals surface area contributed by atoms with Crippen LogP contribution in [0.5, 0.6) is 11.5 Å². The summed E-state index contributed by atoms with van der Waals surface area (Å²) in [5.41, 5.74) is 1.02. The van der Waals surface area contributed by atoms with Gasteiger partial charge in [-0.25, -0.2) is 4.39 Å². The third kappa shape index (κ3) is 3.57. The summed E-state index contributed by atoms with van der Waals surface area (Å²) in [6.45, 7) is 1.42. The Hall–Kier alpha value is -3.29. The molecule has 1 N–H and O–H groups in total. The minimum absolute atomic E-state index is 0.0599. The van der Waals surface area contributed by atoms with E-state index in [1.54, 1.807) is 12.1 Å². The molecule has 29 heavy (non-hydrogen) atoms. The van der Waals surface area contributed by atoms with Crippen molar-refractivity contribution in [2.24, 2.45) is 0 Å². The van der Waals surface area contributed by atoms with Crippen LogP contribution in [0.4, 0.5) is 10.4 Å². The predicted molar refractivity (Wildman–Crippen MR) is 104 cm³/mol. The number of benzene rings is 2. The molecule has 2 aliphatic rings. The van der Waals surface area contributed by atoms with Crippen LogP contribution in [0.15, 0.2) is 46.9 Å². The number of nitrogens with one attached hydrogen (secondary N) is 1. The number of carbonyl (C=O) groups excluding carboxylic acids is 1. The minimum Gasteiger partial charge on any atom is -0.485 e. The standard InChI is InChI=1S/C21H20FN3O4/c22-13-5-6-16-15(11-13)24-21(29-16)23-14-7-9-25(10-8-14)20(26)19-12-27-17-3-1-2-4-18(17)28-19/h1-6,11,14,19H,7-10,12H2,(H,23,24). The number of fused-ring (bicyclic) bond motifs is 2. The monoisotopic (exact) mass is 397 g/mol. The fourth-order valence-electron chi connectivity index (χ4n) is 3.73. The Morgan fingerprint density at radius 3 is 2.76 bits per heavy atom. The van der Waals surface area contributed by atoms with Gasteiger partial charge in [0.25, 0.3) is 11.9 Å². The molecule has 0 aliphatic carbocycles. The second-order valence-corrected chi connectivity index (χ2v) is 7.24. The van der Waals surface area contributed by atoms with Gasteiger partial charge in [0.2, 0.25) is 6.10 Å². The molecule has 1 fully saturated rings. The molecule has 1 amide bonds. The van der Waals surface area contributed by atoms with Crippen molar-refractivity contribution in [3.8, 4) is 11.5 Å². The van der Waals surface area contributed by atoms with Crippen LogP contribution in [0.1, 0.15) is 12.8 Å². The number of piperidine rings is 1. The lowest BCUT2D eigenvalue weighted by Crippen LogP contribution is -2.50. The van der Waals surface area contributed by atoms with Crippen LogP contribution in [0.2, 0.25) is 0 Å². The SMILES string of the molecule is O=C(C1COc2ccccc2O1)N1CCC(Nc2nc3cc(F)ccc3o2)CC1. The summed E-state index contributed by atoms with van der Waals surface area (Å²) in [5.74, 6) is 0.856. The molecule has 150 valence electrons. The summed E-state index contributed by atoms with van der Waals surface area (Å²) in [4.78, 5) is 18.9. The molecule has 1 atom stereocenters. The summed E-state index contributed by atoms with van der Waals surface area (Å²) >= 11 is 0. The number of aromatic nitrogens is 1. The maximum Gasteiger partial charge on any atom is 0.295 e. The normalized spacial score (nSPS) is 19.3. The summed E-state index contributed by atoms with van der Waals surface area (Å²) in [6.07, 6.45) is 0.882. The van der Waals surface area contributed by atoms with Crippen molar-refractivity contribution < 1.29 is 23.1 Å². The highest BCUT2D eigenvalue weighted by Crippen LogP contribution is 2.31. The van der Waals surface area contributed by atoms with Crippen molar-refractivity contribution >= 4 is 23.0 Å².